The summed E-state index contributed by atoms with van der Waals surface area (Å²) in [7, 11) is 0. The van der Waals surface area contributed by atoms with Gasteiger partial charge in [-0.25, -0.2) is 14.8 Å². The van der Waals surface area contributed by atoms with Crippen LogP contribution in [0.5, 0.6) is 0 Å². The molecule has 2 aromatic heterocycles. The van der Waals surface area contributed by atoms with Gasteiger partial charge in [-0.15, -0.1) is 0 Å². The first kappa shape index (κ1) is 23.9. The number of nitrogens with one attached hydrogen (secondary N) is 2. The second kappa shape index (κ2) is 10.0. The van der Waals surface area contributed by atoms with Crippen LogP contribution in [0.15, 0.2) is 49.1 Å². The van der Waals surface area contributed by atoms with E-state index in [0.717, 1.165) is 60.3 Å². The maximum absolute atomic E-state index is 12.9. The number of aromatic nitrogens is 3. The Hall–Kier alpha value is -3.81. The molecule has 8 nitrogen and oxygen atoms in total. The highest BCUT2D eigenvalue weighted by molar-refractivity contribution is 5.93. The summed E-state index contributed by atoms with van der Waals surface area (Å²) in [6, 6.07) is 9.67. The number of anilines is 2. The van der Waals surface area contributed by atoms with E-state index < -0.39 is 0 Å². The van der Waals surface area contributed by atoms with Gasteiger partial charge >= 0.3 is 6.03 Å². The lowest BCUT2D eigenvalue weighted by Gasteiger charge is -2.19. The van der Waals surface area contributed by atoms with E-state index in [-0.39, 0.29) is 17.9 Å². The molecule has 3 amide bonds. The van der Waals surface area contributed by atoms with Gasteiger partial charge in [0.05, 0.1) is 5.69 Å². The molecule has 3 aromatic rings. The summed E-state index contributed by atoms with van der Waals surface area (Å²) >= 11 is 0. The molecular weight excluding hydrogens is 452 g/mol. The zero-order valence-electron chi connectivity index (χ0n) is 21.0. The third-order valence-corrected chi connectivity index (χ3v) is 7.16. The van der Waals surface area contributed by atoms with Crippen LogP contribution in [0.25, 0.3) is 22.4 Å². The number of amides is 3. The molecule has 1 aliphatic carbocycles. The van der Waals surface area contributed by atoms with Gasteiger partial charge < -0.3 is 15.5 Å². The molecule has 1 atom stereocenters. The maximum atomic E-state index is 12.9. The van der Waals surface area contributed by atoms with E-state index in [1.54, 1.807) is 12.3 Å². The molecule has 36 heavy (non-hydrogen) atoms. The largest absolute Gasteiger partial charge is 0.324 e. The lowest BCUT2D eigenvalue weighted by Crippen LogP contribution is -2.33. The Morgan fingerprint density at radius 1 is 1.00 bits per heavy atom. The van der Waals surface area contributed by atoms with Crippen LogP contribution in [0, 0.1) is 24.7 Å². The quantitative estimate of drug-likeness (QED) is 0.490. The van der Waals surface area contributed by atoms with Crippen molar-refractivity contribution in [3.63, 3.8) is 0 Å². The van der Waals surface area contributed by atoms with Gasteiger partial charge in [0.2, 0.25) is 5.91 Å². The van der Waals surface area contributed by atoms with Crippen LogP contribution in [-0.2, 0) is 4.79 Å². The van der Waals surface area contributed by atoms with Crippen molar-refractivity contribution >= 4 is 23.4 Å². The lowest BCUT2D eigenvalue weighted by atomic mass is 9.95. The van der Waals surface area contributed by atoms with Crippen molar-refractivity contribution in [3.8, 4) is 22.4 Å². The Morgan fingerprint density at radius 3 is 2.56 bits per heavy atom. The van der Waals surface area contributed by atoms with Crippen LogP contribution in [0.3, 0.4) is 0 Å². The van der Waals surface area contributed by atoms with Crippen molar-refractivity contribution in [2.45, 2.75) is 40.0 Å². The first-order valence-corrected chi connectivity index (χ1v) is 12.6. The minimum atomic E-state index is -0.0541. The fourth-order valence-electron chi connectivity index (χ4n) is 4.61. The molecule has 186 valence electrons. The number of carbonyl (C=O) groups is 2. The van der Waals surface area contributed by atoms with Crippen LogP contribution in [0.4, 0.5) is 16.3 Å². The number of pyridine rings is 1. The average molecular weight is 485 g/mol. The van der Waals surface area contributed by atoms with Crippen LogP contribution < -0.4 is 10.6 Å². The Kier molecular flexibility index (Phi) is 6.67. The maximum Gasteiger partial charge on any atom is 0.321 e. The minimum absolute atomic E-state index is 0.00895. The predicted octanol–water partition coefficient (Wildman–Crippen LogP) is 5.37. The summed E-state index contributed by atoms with van der Waals surface area (Å²) in [5, 5.41) is 5.94. The topological polar surface area (TPSA) is 100 Å². The fourth-order valence-corrected chi connectivity index (χ4v) is 4.61. The second-order valence-electron chi connectivity index (χ2n) is 10.2. The minimum Gasteiger partial charge on any atom is -0.324 e. The standard InChI is InChI=1S/C28H32N6O2/c1-17(2)20-8-9-34(15-20)28(36)32-23-7-4-18(3)24(11-23)21-10-22(14-29-13-21)25-12-26(31-16-30-25)33-27(35)19-5-6-19/h4,7,10-14,16-17,19-20H,5-6,8-9,15H2,1-3H3,(H,32,36)(H,30,31,33,35)/t20-/m0/s1. The molecular formula is C28H32N6O2. The molecule has 0 unspecified atom stereocenters. The number of carbonyl (C=O) groups excluding carboxylic acids is 2. The van der Waals surface area contributed by atoms with Gasteiger partial charge in [-0.3, -0.25) is 9.78 Å². The highest BCUT2D eigenvalue weighted by Crippen LogP contribution is 2.32. The van der Waals surface area contributed by atoms with Crippen molar-refractivity contribution in [3.05, 3.63) is 54.6 Å². The van der Waals surface area contributed by atoms with Crippen LogP contribution >= 0.6 is 0 Å². The molecule has 2 aliphatic rings. The first-order chi connectivity index (χ1) is 17.4. The third kappa shape index (κ3) is 5.37. The zero-order chi connectivity index (χ0) is 25.2. The van der Waals surface area contributed by atoms with Crippen LogP contribution in [-0.4, -0.2) is 44.9 Å². The molecule has 1 aromatic carbocycles. The number of hydrogen-bond donors (Lipinski definition) is 2. The van der Waals surface area contributed by atoms with Gasteiger partial charge in [0.15, 0.2) is 0 Å². The van der Waals surface area contributed by atoms with E-state index in [0.29, 0.717) is 23.3 Å². The lowest BCUT2D eigenvalue weighted by molar-refractivity contribution is -0.117. The Morgan fingerprint density at radius 2 is 1.81 bits per heavy atom. The summed E-state index contributed by atoms with van der Waals surface area (Å²) < 4.78 is 0. The van der Waals surface area contributed by atoms with Crippen molar-refractivity contribution < 1.29 is 9.59 Å². The molecule has 0 spiro atoms. The third-order valence-electron chi connectivity index (χ3n) is 7.16. The number of hydrogen-bond acceptors (Lipinski definition) is 5. The molecule has 1 saturated carbocycles. The van der Waals surface area contributed by atoms with Crippen LogP contribution in [0.1, 0.15) is 38.7 Å². The average Bonchev–Trinajstić information content (AvgIpc) is 3.61. The van der Waals surface area contributed by atoms with Crippen molar-refractivity contribution in [2.75, 3.05) is 23.7 Å². The summed E-state index contributed by atoms with van der Waals surface area (Å²) in [6.07, 6.45) is 7.93. The molecule has 8 heteroatoms. The van der Waals surface area contributed by atoms with Crippen molar-refractivity contribution in [2.24, 2.45) is 17.8 Å². The van der Waals surface area contributed by atoms with E-state index in [9.17, 15) is 9.59 Å². The molecule has 2 N–H and O–H groups in total. The van der Waals surface area contributed by atoms with E-state index in [4.69, 9.17) is 0 Å². The zero-order valence-corrected chi connectivity index (χ0v) is 21.0. The van der Waals surface area contributed by atoms with Crippen LogP contribution in [0.2, 0.25) is 0 Å². The van der Waals surface area contributed by atoms with Gasteiger partial charge in [0, 0.05) is 54.3 Å². The highest BCUT2D eigenvalue weighted by atomic mass is 16.2. The van der Waals surface area contributed by atoms with E-state index >= 15 is 0 Å². The Labute approximate surface area is 211 Å². The monoisotopic (exact) mass is 484 g/mol. The predicted molar refractivity (Wildman–Crippen MR) is 140 cm³/mol. The van der Waals surface area contributed by atoms with E-state index in [2.05, 4.69) is 39.4 Å². The van der Waals surface area contributed by atoms with Gasteiger partial charge in [-0.05, 0) is 67.3 Å². The summed E-state index contributed by atoms with van der Waals surface area (Å²) in [4.78, 5) is 39.9. The smallest absolute Gasteiger partial charge is 0.321 e. The number of rotatable bonds is 6. The summed E-state index contributed by atoms with van der Waals surface area (Å²) in [5.41, 5.74) is 5.24. The molecule has 3 heterocycles. The van der Waals surface area contributed by atoms with Crippen molar-refractivity contribution in [1.29, 1.82) is 0 Å². The number of urea groups is 1. The molecule has 2 fully saturated rings. The van der Waals surface area contributed by atoms with Gasteiger partial charge in [0.1, 0.15) is 12.1 Å². The number of benzene rings is 1. The summed E-state index contributed by atoms with van der Waals surface area (Å²) in [5.74, 6) is 1.74. The normalized spacial score (nSPS) is 17.3. The second-order valence-corrected chi connectivity index (χ2v) is 10.2. The van der Waals surface area contributed by atoms with Gasteiger partial charge in [-0.1, -0.05) is 19.9 Å². The number of nitrogens with zero attached hydrogens (tertiary/aromatic N) is 4. The van der Waals surface area contributed by atoms with Crippen molar-refractivity contribution in [1.82, 2.24) is 19.9 Å². The molecule has 5 rings (SSSR count). The summed E-state index contributed by atoms with van der Waals surface area (Å²) in [6.45, 7) is 8.06. The van der Waals surface area contributed by atoms with Gasteiger partial charge in [-0.2, -0.15) is 0 Å². The highest BCUT2D eigenvalue weighted by Gasteiger charge is 2.30. The fraction of sp³-hybridized carbons (Fsp3) is 0.393. The SMILES string of the molecule is Cc1ccc(NC(=O)N2CC[C@H](C(C)C)C2)cc1-c1cncc(-c2cc(NC(=O)C3CC3)ncn2)c1. The van der Waals surface area contributed by atoms with E-state index in [1.165, 1.54) is 6.33 Å². The Balaban J connectivity index is 1.34. The molecule has 1 saturated heterocycles. The van der Waals surface area contributed by atoms with Gasteiger partial charge in [0.25, 0.3) is 0 Å². The molecule has 0 bridgehead atoms. The number of aryl methyl sites for hydroxylation is 1. The van der Waals surface area contributed by atoms with E-state index in [1.807, 2.05) is 42.3 Å². The molecule has 0 radical (unpaired) electrons. The number of likely N-dealkylation sites (tertiary alicyclic amines) is 1. The first-order valence-electron chi connectivity index (χ1n) is 12.6. The molecule has 1 aliphatic heterocycles. The Bertz CT molecular complexity index is 1290.